The molecule has 0 radical (unpaired) electrons. The Labute approximate surface area is 151 Å². The molecular formula is C17H19Cl2N3O2. The fraction of sp³-hybridized carbons (Fsp3) is 0.294. The van der Waals surface area contributed by atoms with E-state index in [0.717, 1.165) is 5.56 Å². The number of ether oxygens (including phenoxy) is 1. The van der Waals surface area contributed by atoms with Crippen LogP contribution in [0, 0.1) is 0 Å². The second-order valence-electron chi connectivity index (χ2n) is 5.31. The summed E-state index contributed by atoms with van der Waals surface area (Å²) < 4.78 is 4.94. The van der Waals surface area contributed by atoms with E-state index in [-0.39, 0.29) is 5.91 Å². The number of carbonyl (C=O) groups excluding carboxylic acids is 1. The van der Waals surface area contributed by atoms with Gasteiger partial charge in [0.2, 0.25) is 0 Å². The third kappa shape index (κ3) is 4.17. The summed E-state index contributed by atoms with van der Waals surface area (Å²) in [6.07, 6.45) is 0. The molecule has 0 atom stereocenters. The lowest BCUT2D eigenvalue weighted by Gasteiger charge is -2.17. The normalized spacial score (nSPS) is 10.5. The van der Waals surface area contributed by atoms with E-state index in [1.165, 1.54) is 0 Å². The molecule has 0 bridgehead atoms. The molecule has 0 fully saturated rings. The molecule has 24 heavy (non-hydrogen) atoms. The summed E-state index contributed by atoms with van der Waals surface area (Å²) in [4.78, 5) is 18.7. The largest absolute Gasteiger partial charge is 0.383 e. The molecule has 0 aliphatic carbocycles. The number of amides is 1. The second-order valence-corrected chi connectivity index (χ2v) is 6.10. The van der Waals surface area contributed by atoms with Crippen molar-refractivity contribution in [3.63, 3.8) is 0 Å². The monoisotopic (exact) mass is 367 g/mol. The summed E-state index contributed by atoms with van der Waals surface area (Å²) in [5.41, 5.74) is 1.86. The molecule has 1 amide bonds. The number of halogens is 2. The van der Waals surface area contributed by atoms with Crippen molar-refractivity contribution in [3.8, 4) is 11.3 Å². The molecule has 7 heteroatoms. The summed E-state index contributed by atoms with van der Waals surface area (Å²) in [6, 6.07) is 8.87. The predicted molar refractivity (Wildman–Crippen MR) is 98.2 cm³/mol. The number of nitrogens with one attached hydrogen (secondary N) is 1. The Hall–Kier alpha value is -1.82. The zero-order chi connectivity index (χ0) is 17.7. The first-order valence-corrected chi connectivity index (χ1v) is 8.11. The average molecular weight is 368 g/mol. The number of hydrogen-bond acceptors (Lipinski definition) is 4. The highest BCUT2D eigenvalue weighted by Gasteiger charge is 2.17. The van der Waals surface area contributed by atoms with Gasteiger partial charge in [0.15, 0.2) is 0 Å². The molecule has 0 aliphatic heterocycles. The van der Waals surface area contributed by atoms with Crippen LogP contribution >= 0.6 is 23.2 Å². The van der Waals surface area contributed by atoms with Crippen molar-refractivity contribution in [3.05, 3.63) is 45.9 Å². The SMILES string of the molecule is COCCNC(=O)c1ccc(-c2cccc(Cl)c2Cl)nc1N(C)C. The zero-order valence-electron chi connectivity index (χ0n) is 13.8. The first-order valence-electron chi connectivity index (χ1n) is 7.35. The first-order chi connectivity index (χ1) is 11.5. The Morgan fingerprint density at radius 1 is 1.25 bits per heavy atom. The molecule has 0 saturated carbocycles. The van der Waals surface area contributed by atoms with E-state index in [9.17, 15) is 4.79 Å². The number of methoxy groups -OCH3 is 1. The number of anilines is 1. The molecule has 1 heterocycles. The van der Waals surface area contributed by atoms with Gasteiger partial charge in [0, 0.05) is 33.3 Å². The van der Waals surface area contributed by atoms with Crippen LogP contribution in [0.2, 0.25) is 10.0 Å². The maximum atomic E-state index is 12.3. The molecule has 0 unspecified atom stereocenters. The topological polar surface area (TPSA) is 54.5 Å². The number of rotatable bonds is 6. The van der Waals surface area contributed by atoms with Crippen LogP contribution in [-0.4, -0.2) is 45.2 Å². The third-order valence-electron chi connectivity index (χ3n) is 3.36. The number of aromatic nitrogens is 1. The number of hydrogen-bond donors (Lipinski definition) is 1. The molecule has 0 spiro atoms. The Kier molecular flexibility index (Phi) is 6.43. The molecule has 2 rings (SSSR count). The van der Waals surface area contributed by atoms with Gasteiger partial charge >= 0.3 is 0 Å². The van der Waals surface area contributed by atoms with Crippen LogP contribution in [0.4, 0.5) is 5.82 Å². The fourth-order valence-electron chi connectivity index (χ4n) is 2.18. The lowest BCUT2D eigenvalue weighted by molar-refractivity contribution is 0.0937. The van der Waals surface area contributed by atoms with E-state index < -0.39 is 0 Å². The Bertz CT molecular complexity index is 736. The van der Waals surface area contributed by atoms with Crippen LogP contribution in [-0.2, 0) is 4.74 Å². The standard InChI is InChI=1S/C17H19Cl2N3O2/c1-22(2)16-12(17(23)20-9-10-24-3)7-8-14(21-16)11-5-4-6-13(18)15(11)19/h4-8H,9-10H2,1-3H3,(H,20,23). The van der Waals surface area contributed by atoms with Crippen LogP contribution in [0.1, 0.15) is 10.4 Å². The van der Waals surface area contributed by atoms with Crippen LogP contribution in [0.5, 0.6) is 0 Å². The molecule has 2 aromatic rings. The minimum atomic E-state index is -0.202. The maximum Gasteiger partial charge on any atom is 0.255 e. The van der Waals surface area contributed by atoms with E-state index in [1.807, 2.05) is 26.2 Å². The molecule has 1 N–H and O–H groups in total. The van der Waals surface area contributed by atoms with Crippen LogP contribution in [0.3, 0.4) is 0 Å². The fourth-order valence-corrected chi connectivity index (χ4v) is 2.58. The molecule has 0 saturated heterocycles. The van der Waals surface area contributed by atoms with Crippen molar-refractivity contribution in [2.75, 3.05) is 39.3 Å². The van der Waals surface area contributed by atoms with Crippen LogP contribution in [0.25, 0.3) is 11.3 Å². The zero-order valence-corrected chi connectivity index (χ0v) is 15.3. The summed E-state index contributed by atoms with van der Waals surface area (Å²) in [5, 5.41) is 3.70. The number of pyridine rings is 1. The van der Waals surface area contributed by atoms with Gasteiger partial charge in [-0.2, -0.15) is 0 Å². The van der Waals surface area contributed by atoms with E-state index in [0.29, 0.717) is 40.3 Å². The Morgan fingerprint density at radius 2 is 2.00 bits per heavy atom. The summed E-state index contributed by atoms with van der Waals surface area (Å²) in [5.74, 6) is 0.352. The minimum Gasteiger partial charge on any atom is -0.383 e. The van der Waals surface area contributed by atoms with Gasteiger partial charge in [-0.1, -0.05) is 35.3 Å². The van der Waals surface area contributed by atoms with Crippen LogP contribution < -0.4 is 10.2 Å². The maximum absolute atomic E-state index is 12.3. The van der Waals surface area contributed by atoms with E-state index in [2.05, 4.69) is 10.3 Å². The Morgan fingerprint density at radius 3 is 2.67 bits per heavy atom. The van der Waals surface area contributed by atoms with Crippen molar-refractivity contribution < 1.29 is 9.53 Å². The highest BCUT2D eigenvalue weighted by Crippen LogP contribution is 2.33. The van der Waals surface area contributed by atoms with Crippen molar-refractivity contribution in [2.45, 2.75) is 0 Å². The number of carbonyl (C=O) groups is 1. The highest BCUT2D eigenvalue weighted by molar-refractivity contribution is 6.43. The summed E-state index contributed by atoms with van der Waals surface area (Å²) in [6.45, 7) is 0.886. The minimum absolute atomic E-state index is 0.202. The number of benzene rings is 1. The van der Waals surface area contributed by atoms with Gasteiger partial charge in [0.25, 0.3) is 5.91 Å². The number of nitrogens with zero attached hydrogens (tertiary/aromatic N) is 2. The molecule has 128 valence electrons. The van der Waals surface area contributed by atoms with Gasteiger partial charge in [-0.05, 0) is 18.2 Å². The summed E-state index contributed by atoms with van der Waals surface area (Å²) in [7, 11) is 5.25. The second kappa shape index (κ2) is 8.33. The lowest BCUT2D eigenvalue weighted by Crippen LogP contribution is -2.29. The predicted octanol–water partition coefficient (Wildman–Crippen LogP) is 3.50. The van der Waals surface area contributed by atoms with Gasteiger partial charge in [-0.15, -0.1) is 0 Å². The van der Waals surface area contributed by atoms with Crippen molar-refractivity contribution in [2.24, 2.45) is 0 Å². The first kappa shape index (κ1) is 18.5. The lowest BCUT2D eigenvalue weighted by atomic mass is 10.1. The smallest absolute Gasteiger partial charge is 0.255 e. The van der Waals surface area contributed by atoms with Gasteiger partial charge in [0.05, 0.1) is 27.9 Å². The molecule has 0 aliphatic rings. The van der Waals surface area contributed by atoms with Gasteiger partial charge in [0.1, 0.15) is 5.82 Å². The average Bonchev–Trinajstić information content (AvgIpc) is 2.57. The molecule has 5 nitrogen and oxygen atoms in total. The van der Waals surface area contributed by atoms with Gasteiger partial charge < -0.3 is 15.0 Å². The summed E-state index contributed by atoms with van der Waals surface area (Å²) >= 11 is 12.3. The molecular weight excluding hydrogens is 349 g/mol. The van der Waals surface area contributed by atoms with Crippen molar-refractivity contribution in [1.82, 2.24) is 10.3 Å². The molecule has 1 aromatic carbocycles. The van der Waals surface area contributed by atoms with Crippen LogP contribution in [0.15, 0.2) is 30.3 Å². The van der Waals surface area contributed by atoms with Crippen molar-refractivity contribution >= 4 is 34.9 Å². The van der Waals surface area contributed by atoms with E-state index >= 15 is 0 Å². The van der Waals surface area contributed by atoms with Gasteiger partial charge in [-0.3, -0.25) is 4.79 Å². The molecule has 1 aromatic heterocycles. The highest BCUT2D eigenvalue weighted by atomic mass is 35.5. The third-order valence-corrected chi connectivity index (χ3v) is 4.18. The van der Waals surface area contributed by atoms with Gasteiger partial charge in [-0.25, -0.2) is 4.98 Å². The quantitative estimate of drug-likeness (QED) is 0.793. The van der Waals surface area contributed by atoms with Crippen molar-refractivity contribution in [1.29, 1.82) is 0 Å². The van der Waals surface area contributed by atoms with E-state index in [4.69, 9.17) is 27.9 Å². The Balaban J connectivity index is 2.40. The van der Waals surface area contributed by atoms with E-state index in [1.54, 1.807) is 30.2 Å².